The lowest BCUT2D eigenvalue weighted by Gasteiger charge is -2.60. The Balaban J connectivity index is 0.671. The molecule has 4 saturated heterocycles. The number of piperidine rings is 2. The number of anilines is 2. The van der Waals surface area contributed by atoms with E-state index in [1.165, 1.54) is 32.0 Å². The fourth-order valence-corrected chi connectivity index (χ4v) is 11.4. The molecule has 0 radical (unpaired) electrons. The van der Waals surface area contributed by atoms with Gasteiger partial charge in [-0.3, -0.25) is 34.3 Å². The molecule has 6 aliphatic rings. The van der Waals surface area contributed by atoms with Crippen LogP contribution in [0.25, 0.3) is 22.3 Å². The van der Waals surface area contributed by atoms with Gasteiger partial charge in [0.2, 0.25) is 17.6 Å². The minimum absolute atomic E-state index is 0.216. The number of rotatable bonds is 10. The van der Waals surface area contributed by atoms with E-state index in [9.17, 15) is 19.2 Å². The number of imide groups is 1. The number of nitrogens with one attached hydrogen (secondary N) is 1. The molecule has 2 unspecified atom stereocenters. The molecule has 1 saturated carbocycles. The average Bonchev–Trinajstić information content (AvgIpc) is 3.86. The van der Waals surface area contributed by atoms with E-state index < -0.39 is 23.8 Å². The standard InChI is InChI=1S/C48H52N10O5/c49-45-42-43(30-7-10-37(11-8-30)63-36-4-2-1-3-5-36)53-58(46(42)51-29-50-45)33-16-20-54(21-17-33)32-14-18-48(19-15-32)27-56(28-48)35-24-55(25-35)34-9-6-31-23-57(39-12-13-41(61)52-47(39)62)44(38(31)22-34)40(60)26-59/h1-11,22,26,29,32-33,35,39,44H,12-21,23-25,27-28H2,(H2,49,50,51)(H,52,61,62). The van der Waals surface area contributed by atoms with Gasteiger partial charge in [-0.15, -0.1) is 0 Å². The van der Waals surface area contributed by atoms with Crippen molar-refractivity contribution in [3.05, 3.63) is 90.3 Å². The molecule has 63 heavy (non-hydrogen) atoms. The Morgan fingerprint density at radius 1 is 0.841 bits per heavy atom. The van der Waals surface area contributed by atoms with Gasteiger partial charge >= 0.3 is 0 Å². The number of benzene rings is 3. The molecule has 0 bridgehead atoms. The first-order chi connectivity index (χ1) is 30.7. The number of likely N-dealkylation sites (tertiary alicyclic amines) is 2. The highest BCUT2D eigenvalue weighted by Gasteiger charge is 2.50. The largest absolute Gasteiger partial charge is 0.457 e. The Kier molecular flexibility index (Phi) is 10.1. The third-order valence-electron chi connectivity index (χ3n) is 14.9. The van der Waals surface area contributed by atoms with Crippen LogP contribution in [-0.4, -0.2) is 116 Å². The number of amides is 2. The van der Waals surface area contributed by atoms with Gasteiger partial charge in [0.15, 0.2) is 11.9 Å². The van der Waals surface area contributed by atoms with Crippen LogP contribution in [0.15, 0.2) is 79.1 Å². The van der Waals surface area contributed by atoms with Gasteiger partial charge in [-0.2, -0.15) is 5.10 Å². The van der Waals surface area contributed by atoms with Gasteiger partial charge in [-0.25, -0.2) is 14.6 Å². The number of ketones is 1. The Hall–Kier alpha value is -6.03. The van der Waals surface area contributed by atoms with Crippen molar-refractivity contribution >= 4 is 46.4 Å². The second-order valence-electron chi connectivity index (χ2n) is 18.6. The van der Waals surface area contributed by atoms with Crippen LogP contribution in [0.2, 0.25) is 0 Å². The van der Waals surface area contributed by atoms with Crippen LogP contribution < -0.4 is 20.7 Å². The minimum Gasteiger partial charge on any atom is -0.457 e. The zero-order valence-electron chi connectivity index (χ0n) is 35.3. The number of hydrogen-bond donors (Lipinski definition) is 2. The first-order valence-electron chi connectivity index (χ1n) is 22.5. The van der Waals surface area contributed by atoms with E-state index in [1.54, 1.807) is 4.90 Å². The van der Waals surface area contributed by atoms with Crippen LogP contribution in [0.1, 0.15) is 74.6 Å². The van der Waals surface area contributed by atoms with E-state index in [0.717, 1.165) is 103 Å². The van der Waals surface area contributed by atoms with Crippen molar-refractivity contribution in [2.75, 3.05) is 49.9 Å². The number of aromatic nitrogens is 4. The van der Waals surface area contributed by atoms with Crippen LogP contribution in [0.4, 0.5) is 11.5 Å². The van der Waals surface area contributed by atoms with Crippen molar-refractivity contribution in [3.63, 3.8) is 0 Å². The number of Topliss-reactive ketones (excluding diaryl/α,β-unsaturated/α-hetero) is 1. The molecule has 2 aromatic heterocycles. The van der Waals surface area contributed by atoms with Gasteiger partial charge in [-0.1, -0.05) is 24.3 Å². The van der Waals surface area contributed by atoms with Crippen molar-refractivity contribution in [2.24, 2.45) is 5.41 Å². The molecule has 5 aromatic rings. The van der Waals surface area contributed by atoms with Gasteiger partial charge < -0.3 is 20.3 Å². The summed E-state index contributed by atoms with van der Waals surface area (Å²) in [7, 11) is 0. The zero-order valence-corrected chi connectivity index (χ0v) is 35.3. The molecule has 1 spiro atoms. The summed E-state index contributed by atoms with van der Waals surface area (Å²) in [5.41, 5.74) is 12.2. The fraction of sp³-hybridized carbons (Fsp3) is 0.438. The van der Waals surface area contributed by atoms with Gasteiger partial charge in [0, 0.05) is 75.6 Å². The molecule has 1 aliphatic carbocycles. The lowest BCUT2D eigenvalue weighted by atomic mass is 9.66. The van der Waals surface area contributed by atoms with E-state index in [-0.39, 0.29) is 18.4 Å². The number of carbonyl (C=O) groups is 4. The number of nitrogens with two attached hydrogens (primary N) is 1. The van der Waals surface area contributed by atoms with E-state index in [4.69, 9.17) is 20.6 Å². The number of ether oxygens (including phenoxy) is 1. The maximum atomic E-state index is 13.0. The number of aldehydes is 1. The molecule has 5 aliphatic heterocycles. The normalized spacial score (nSPS) is 23.7. The van der Waals surface area contributed by atoms with Crippen molar-refractivity contribution in [2.45, 2.75) is 88.1 Å². The van der Waals surface area contributed by atoms with Crippen LogP contribution in [0, 0.1) is 5.41 Å². The highest BCUT2D eigenvalue weighted by molar-refractivity contribution is 6.27. The molecular weight excluding hydrogens is 797 g/mol. The molecule has 15 nitrogen and oxygen atoms in total. The van der Waals surface area contributed by atoms with Gasteiger partial charge in [0.25, 0.3) is 0 Å². The third kappa shape index (κ3) is 7.25. The number of carbonyl (C=O) groups excluding carboxylic acids is 4. The molecule has 2 amide bonds. The fourth-order valence-electron chi connectivity index (χ4n) is 11.4. The SMILES string of the molecule is Nc1ncnc2c1c(-c1ccc(Oc3ccccc3)cc1)nn2C1CCN(C2CCC3(CC2)CN(C2CN(c4ccc5c(c4)C(C(=O)C=O)N(C4CCC(=O)NC4=O)C5)C2)C3)CC1. The maximum absolute atomic E-state index is 13.0. The van der Waals surface area contributed by atoms with E-state index in [0.29, 0.717) is 42.6 Å². The predicted octanol–water partition coefficient (Wildman–Crippen LogP) is 5.07. The summed E-state index contributed by atoms with van der Waals surface area (Å²) >= 11 is 0. The molecular formula is C48H52N10O5. The number of nitrogen functional groups attached to an aromatic ring is 1. The predicted molar refractivity (Wildman–Crippen MR) is 236 cm³/mol. The Morgan fingerprint density at radius 3 is 2.32 bits per heavy atom. The van der Waals surface area contributed by atoms with E-state index >= 15 is 0 Å². The molecule has 7 heterocycles. The smallest absolute Gasteiger partial charge is 0.243 e. The van der Waals surface area contributed by atoms with Crippen LogP contribution in [-0.2, 0) is 25.7 Å². The molecule has 324 valence electrons. The summed E-state index contributed by atoms with van der Waals surface area (Å²) in [4.78, 5) is 67.8. The highest BCUT2D eigenvalue weighted by Crippen LogP contribution is 2.48. The Labute approximate surface area is 365 Å². The number of hydrogen-bond acceptors (Lipinski definition) is 13. The first kappa shape index (κ1) is 39.8. The van der Waals surface area contributed by atoms with Crippen molar-refractivity contribution < 1.29 is 23.9 Å². The van der Waals surface area contributed by atoms with Crippen molar-refractivity contribution in [1.29, 1.82) is 0 Å². The average molecular weight is 849 g/mol. The summed E-state index contributed by atoms with van der Waals surface area (Å²) in [6.45, 7) is 6.64. The van der Waals surface area contributed by atoms with Gasteiger partial charge in [0.05, 0.1) is 17.5 Å². The Bertz CT molecular complexity index is 2570. The second-order valence-corrected chi connectivity index (χ2v) is 18.6. The third-order valence-corrected chi connectivity index (χ3v) is 14.9. The van der Waals surface area contributed by atoms with Gasteiger partial charge in [-0.05, 0) is 110 Å². The van der Waals surface area contributed by atoms with E-state index in [1.807, 2.05) is 66.7 Å². The first-order valence-corrected chi connectivity index (χ1v) is 22.5. The molecule has 2 atom stereocenters. The quantitative estimate of drug-likeness (QED) is 0.109. The van der Waals surface area contributed by atoms with Crippen LogP contribution >= 0.6 is 0 Å². The molecule has 3 aromatic carbocycles. The molecule has 5 fully saturated rings. The molecule has 3 N–H and O–H groups in total. The molecule has 11 rings (SSSR count). The topological polar surface area (TPSA) is 172 Å². The van der Waals surface area contributed by atoms with E-state index in [2.05, 4.69) is 35.7 Å². The summed E-state index contributed by atoms with van der Waals surface area (Å²) < 4.78 is 8.13. The minimum atomic E-state index is -0.813. The lowest BCUT2D eigenvalue weighted by molar-refractivity contribution is -0.141. The monoisotopic (exact) mass is 848 g/mol. The van der Waals surface area contributed by atoms with Gasteiger partial charge in [0.1, 0.15) is 35.4 Å². The lowest BCUT2D eigenvalue weighted by Crippen LogP contribution is -2.69. The molecule has 15 heteroatoms. The summed E-state index contributed by atoms with van der Waals surface area (Å²) in [5.74, 6) is 0.713. The maximum Gasteiger partial charge on any atom is 0.243 e. The van der Waals surface area contributed by atoms with Crippen LogP contribution in [0.5, 0.6) is 11.5 Å². The number of para-hydroxylation sites is 1. The summed E-state index contributed by atoms with van der Waals surface area (Å²) in [6, 6.07) is 23.8. The Morgan fingerprint density at radius 2 is 1.59 bits per heavy atom. The summed E-state index contributed by atoms with van der Waals surface area (Å²) in [6.07, 6.45) is 9.48. The summed E-state index contributed by atoms with van der Waals surface area (Å²) in [5, 5.41) is 8.35. The van der Waals surface area contributed by atoms with Crippen molar-refractivity contribution in [3.8, 4) is 22.8 Å². The zero-order chi connectivity index (χ0) is 42.8. The second kappa shape index (κ2) is 16.0. The van der Waals surface area contributed by atoms with Crippen molar-refractivity contribution in [1.82, 2.24) is 39.8 Å². The number of nitrogens with zero attached hydrogens (tertiary/aromatic N) is 8. The number of fused-ring (bicyclic) bond motifs is 2. The highest BCUT2D eigenvalue weighted by atomic mass is 16.5. The van der Waals surface area contributed by atoms with Crippen LogP contribution in [0.3, 0.4) is 0 Å².